The minimum atomic E-state index is 0.721. The third-order valence-corrected chi connectivity index (χ3v) is 3.24. The topological polar surface area (TPSA) is 17.8 Å². The smallest absolute Gasteiger partial charge is 0.105 e. The molecule has 0 unspecified atom stereocenters. The number of imidazole rings is 1. The summed E-state index contributed by atoms with van der Waals surface area (Å²) in [4.78, 5) is 4.27. The van der Waals surface area contributed by atoms with Crippen LogP contribution >= 0.6 is 0 Å². The molecule has 1 saturated carbocycles. The van der Waals surface area contributed by atoms with Crippen molar-refractivity contribution >= 4 is 0 Å². The fourth-order valence-corrected chi connectivity index (χ4v) is 2.29. The van der Waals surface area contributed by atoms with Crippen LogP contribution in [-0.4, -0.2) is 9.55 Å². The van der Waals surface area contributed by atoms with E-state index in [1.807, 2.05) is 6.20 Å². The molecule has 1 aliphatic rings. The number of aryl methyl sites for hydroxylation is 1. The van der Waals surface area contributed by atoms with Crippen LogP contribution in [-0.2, 0) is 0 Å². The molecule has 2 nitrogen and oxygen atoms in total. The van der Waals surface area contributed by atoms with Crippen molar-refractivity contribution in [1.82, 2.24) is 9.55 Å². The summed E-state index contributed by atoms with van der Waals surface area (Å²) in [5.74, 6) is 2.10. The van der Waals surface area contributed by atoms with E-state index in [1.165, 1.54) is 31.5 Å². The Hall–Kier alpha value is -0.790. The van der Waals surface area contributed by atoms with E-state index in [4.69, 9.17) is 0 Å². The lowest BCUT2D eigenvalue weighted by Crippen LogP contribution is -2.17. The van der Waals surface area contributed by atoms with Crippen molar-refractivity contribution in [3.05, 3.63) is 18.2 Å². The Balaban J connectivity index is 2.06. The van der Waals surface area contributed by atoms with Gasteiger partial charge in [0, 0.05) is 18.4 Å². The van der Waals surface area contributed by atoms with Crippen LogP contribution < -0.4 is 0 Å². The van der Waals surface area contributed by atoms with Crippen LogP contribution in [0.4, 0.5) is 0 Å². The number of hydrogen-bond acceptors (Lipinski definition) is 1. The Morgan fingerprint density at radius 2 is 2.00 bits per heavy atom. The molecule has 0 spiro atoms. The highest BCUT2D eigenvalue weighted by atomic mass is 15.1. The van der Waals surface area contributed by atoms with Gasteiger partial charge < -0.3 is 4.57 Å². The third-order valence-electron chi connectivity index (χ3n) is 3.24. The second kappa shape index (κ2) is 3.52. The van der Waals surface area contributed by atoms with Gasteiger partial charge in [0.05, 0.1) is 0 Å². The highest BCUT2D eigenvalue weighted by Gasteiger charge is 2.19. The molecule has 1 fully saturated rings. The molecule has 2 rings (SSSR count). The zero-order valence-corrected chi connectivity index (χ0v) is 8.53. The van der Waals surface area contributed by atoms with Crippen molar-refractivity contribution in [3.63, 3.8) is 0 Å². The summed E-state index contributed by atoms with van der Waals surface area (Å²) < 4.78 is 2.34. The van der Waals surface area contributed by atoms with E-state index in [2.05, 4.69) is 29.6 Å². The van der Waals surface area contributed by atoms with Gasteiger partial charge in [0.15, 0.2) is 0 Å². The lowest BCUT2D eigenvalue weighted by molar-refractivity contribution is 0.286. The lowest BCUT2D eigenvalue weighted by Gasteiger charge is -2.27. The van der Waals surface area contributed by atoms with Crippen LogP contribution in [0.25, 0.3) is 0 Å². The summed E-state index contributed by atoms with van der Waals surface area (Å²) in [6, 6.07) is 0.721. The molecule has 1 aliphatic carbocycles. The van der Waals surface area contributed by atoms with Gasteiger partial charge in [0.1, 0.15) is 5.82 Å². The van der Waals surface area contributed by atoms with Gasteiger partial charge in [-0.25, -0.2) is 4.98 Å². The molecule has 0 aliphatic heterocycles. The molecule has 13 heavy (non-hydrogen) atoms. The Kier molecular flexibility index (Phi) is 2.38. The summed E-state index contributed by atoms with van der Waals surface area (Å²) in [5, 5.41) is 0. The SMILES string of the molecule is Cc1nccn1C1CCC(C)CC1. The van der Waals surface area contributed by atoms with Crippen LogP contribution in [0.1, 0.15) is 44.5 Å². The minimum Gasteiger partial charge on any atom is -0.332 e. The quantitative estimate of drug-likeness (QED) is 0.646. The van der Waals surface area contributed by atoms with Crippen molar-refractivity contribution in [2.45, 2.75) is 45.6 Å². The van der Waals surface area contributed by atoms with Gasteiger partial charge in [-0.3, -0.25) is 0 Å². The van der Waals surface area contributed by atoms with E-state index in [0.717, 1.165) is 12.0 Å². The summed E-state index contributed by atoms with van der Waals surface area (Å²) in [7, 11) is 0. The second-order valence-corrected chi connectivity index (χ2v) is 4.30. The van der Waals surface area contributed by atoms with Gasteiger partial charge in [-0.1, -0.05) is 6.92 Å². The molecule has 0 radical (unpaired) electrons. The molecule has 1 aromatic rings. The maximum atomic E-state index is 4.27. The third kappa shape index (κ3) is 1.77. The van der Waals surface area contributed by atoms with Crippen molar-refractivity contribution < 1.29 is 0 Å². The molecular formula is C11H18N2. The number of aromatic nitrogens is 2. The van der Waals surface area contributed by atoms with E-state index in [1.54, 1.807) is 0 Å². The fraction of sp³-hybridized carbons (Fsp3) is 0.727. The zero-order valence-electron chi connectivity index (χ0n) is 8.53. The van der Waals surface area contributed by atoms with E-state index in [9.17, 15) is 0 Å². The first-order valence-electron chi connectivity index (χ1n) is 5.27. The summed E-state index contributed by atoms with van der Waals surface area (Å²) in [5.41, 5.74) is 0. The van der Waals surface area contributed by atoms with Crippen molar-refractivity contribution in [1.29, 1.82) is 0 Å². The Morgan fingerprint density at radius 3 is 2.54 bits per heavy atom. The predicted octanol–water partition coefficient (Wildman–Crippen LogP) is 2.94. The predicted molar refractivity (Wildman–Crippen MR) is 53.6 cm³/mol. The number of rotatable bonds is 1. The monoisotopic (exact) mass is 178 g/mol. The Bertz CT molecular complexity index is 269. The molecule has 0 N–H and O–H groups in total. The van der Waals surface area contributed by atoms with Crippen LogP contribution in [0.3, 0.4) is 0 Å². The molecule has 2 heteroatoms. The average molecular weight is 178 g/mol. The molecule has 1 heterocycles. The zero-order chi connectivity index (χ0) is 9.26. The summed E-state index contributed by atoms with van der Waals surface area (Å²) in [6.07, 6.45) is 9.45. The van der Waals surface area contributed by atoms with Gasteiger partial charge in [-0.15, -0.1) is 0 Å². The van der Waals surface area contributed by atoms with Gasteiger partial charge in [0.25, 0.3) is 0 Å². The molecule has 72 valence electrons. The Labute approximate surface area is 80.0 Å². The van der Waals surface area contributed by atoms with Crippen LogP contribution in [0.15, 0.2) is 12.4 Å². The van der Waals surface area contributed by atoms with Gasteiger partial charge >= 0.3 is 0 Å². The van der Waals surface area contributed by atoms with E-state index in [-0.39, 0.29) is 0 Å². The van der Waals surface area contributed by atoms with E-state index < -0.39 is 0 Å². The lowest BCUT2D eigenvalue weighted by atomic mass is 9.87. The van der Waals surface area contributed by atoms with Crippen LogP contribution in [0.2, 0.25) is 0 Å². The normalized spacial score (nSPS) is 29.1. The average Bonchev–Trinajstić information content (AvgIpc) is 2.53. The highest BCUT2D eigenvalue weighted by molar-refractivity contribution is 4.93. The van der Waals surface area contributed by atoms with Gasteiger partial charge in [0.2, 0.25) is 0 Å². The number of nitrogens with zero attached hydrogens (tertiary/aromatic N) is 2. The highest BCUT2D eigenvalue weighted by Crippen LogP contribution is 2.32. The first-order valence-corrected chi connectivity index (χ1v) is 5.27. The molecule has 0 aromatic carbocycles. The summed E-state index contributed by atoms with van der Waals surface area (Å²) in [6.45, 7) is 4.45. The van der Waals surface area contributed by atoms with Crippen LogP contribution in [0.5, 0.6) is 0 Å². The first kappa shape index (κ1) is 8.79. The summed E-state index contributed by atoms with van der Waals surface area (Å²) >= 11 is 0. The standard InChI is InChI=1S/C11H18N2/c1-9-3-5-11(6-4-9)13-8-7-12-10(13)2/h7-9,11H,3-6H2,1-2H3. The fourth-order valence-electron chi connectivity index (χ4n) is 2.29. The maximum absolute atomic E-state index is 4.27. The second-order valence-electron chi connectivity index (χ2n) is 4.30. The number of hydrogen-bond donors (Lipinski definition) is 0. The molecule has 0 saturated heterocycles. The molecular weight excluding hydrogens is 160 g/mol. The van der Waals surface area contributed by atoms with Crippen molar-refractivity contribution in [2.24, 2.45) is 5.92 Å². The molecule has 0 bridgehead atoms. The Morgan fingerprint density at radius 1 is 1.31 bits per heavy atom. The molecule has 0 amide bonds. The van der Waals surface area contributed by atoms with Crippen molar-refractivity contribution in [3.8, 4) is 0 Å². The minimum absolute atomic E-state index is 0.721. The van der Waals surface area contributed by atoms with Gasteiger partial charge in [-0.2, -0.15) is 0 Å². The van der Waals surface area contributed by atoms with E-state index in [0.29, 0.717) is 0 Å². The largest absolute Gasteiger partial charge is 0.332 e. The molecule has 0 atom stereocenters. The maximum Gasteiger partial charge on any atom is 0.105 e. The van der Waals surface area contributed by atoms with Crippen LogP contribution in [0, 0.1) is 12.8 Å². The van der Waals surface area contributed by atoms with Crippen molar-refractivity contribution in [2.75, 3.05) is 0 Å². The first-order chi connectivity index (χ1) is 6.27. The molecule has 1 aromatic heterocycles. The van der Waals surface area contributed by atoms with Gasteiger partial charge in [-0.05, 0) is 38.5 Å². The van der Waals surface area contributed by atoms with E-state index >= 15 is 0 Å².